The van der Waals surface area contributed by atoms with Gasteiger partial charge in [0.05, 0.1) is 5.56 Å². The molecule has 0 aliphatic heterocycles. The van der Waals surface area contributed by atoms with E-state index in [9.17, 15) is 0 Å². The molecule has 0 aliphatic rings. The van der Waals surface area contributed by atoms with Gasteiger partial charge in [-0.1, -0.05) is 24.3 Å². The summed E-state index contributed by atoms with van der Waals surface area (Å²) in [6.07, 6.45) is 2.17. The van der Waals surface area contributed by atoms with Crippen LogP contribution in [0.1, 0.15) is 16.0 Å². The zero-order chi connectivity index (χ0) is 16.1. The maximum Gasteiger partial charge on any atom is 0.230 e. The third-order valence-corrected chi connectivity index (χ3v) is 5.78. The number of hydrogen-bond donors (Lipinski definition) is 0. The lowest BCUT2D eigenvalue weighted by Gasteiger charge is -2.11. The zero-order valence-electron chi connectivity index (χ0n) is 14.0. The molecular formula is C21H20NS+. The average molecular weight is 318 g/mol. The maximum atomic E-state index is 2.35. The van der Waals surface area contributed by atoms with E-state index in [0.717, 1.165) is 0 Å². The smallest absolute Gasteiger partial charge is 0.200 e. The summed E-state index contributed by atoms with van der Waals surface area (Å²) >= 11 is 1.89. The lowest BCUT2D eigenvalue weighted by Crippen LogP contribution is -2.30. The van der Waals surface area contributed by atoms with Gasteiger partial charge in [-0.3, -0.25) is 0 Å². The molecule has 1 nitrogen and oxygen atoms in total. The Morgan fingerprint density at radius 2 is 1.65 bits per heavy atom. The summed E-state index contributed by atoms with van der Waals surface area (Å²) in [5.74, 6) is 0. The van der Waals surface area contributed by atoms with Crippen molar-refractivity contribution in [2.45, 2.75) is 20.8 Å². The number of rotatable bonds is 1. The van der Waals surface area contributed by atoms with Crippen LogP contribution in [-0.4, -0.2) is 0 Å². The minimum Gasteiger partial charge on any atom is -0.200 e. The molecule has 2 heterocycles. The molecular weight excluding hydrogens is 298 g/mol. The second-order valence-electron chi connectivity index (χ2n) is 6.33. The molecule has 0 N–H and O–H groups in total. The summed E-state index contributed by atoms with van der Waals surface area (Å²) in [5, 5.41) is 4.05. The molecule has 0 amide bonds. The Morgan fingerprint density at radius 3 is 2.43 bits per heavy atom. The van der Waals surface area contributed by atoms with Gasteiger partial charge in [0.15, 0.2) is 6.20 Å². The number of benzene rings is 2. The Bertz CT molecular complexity index is 1060. The quantitative estimate of drug-likeness (QED) is 0.410. The van der Waals surface area contributed by atoms with Crippen LogP contribution in [0.4, 0.5) is 0 Å². The fraction of sp³-hybridized carbons (Fsp3) is 0.190. The molecule has 0 atom stereocenters. The van der Waals surface area contributed by atoms with Crippen LogP contribution in [0.5, 0.6) is 0 Å². The lowest BCUT2D eigenvalue weighted by molar-refractivity contribution is -0.659. The number of aromatic nitrogens is 1. The molecule has 0 saturated carbocycles. The molecule has 0 saturated heterocycles. The molecule has 0 radical (unpaired) electrons. The fourth-order valence-corrected chi connectivity index (χ4v) is 4.63. The molecule has 4 rings (SSSR count). The van der Waals surface area contributed by atoms with Crippen LogP contribution in [0.25, 0.3) is 32.1 Å². The van der Waals surface area contributed by atoms with E-state index >= 15 is 0 Å². The van der Waals surface area contributed by atoms with Gasteiger partial charge in [0.1, 0.15) is 11.7 Å². The first-order valence-corrected chi connectivity index (χ1v) is 8.76. The summed E-state index contributed by atoms with van der Waals surface area (Å²) in [7, 11) is 2.15. The van der Waals surface area contributed by atoms with Crippen molar-refractivity contribution in [3.05, 3.63) is 64.7 Å². The standard InChI is InChI=1S/C21H20NS/c1-13-11-19(15(3)18-8-6-5-7-17(13)18)20-21-16(9-10-22(20)4)12-14(2)23-21/h5-12H,1-4H3/q+1. The van der Waals surface area contributed by atoms with Gasteiger partial charge >= 0.3 is 0 Å². The Kier molecular flexibility index (Phi) is 3.24. The highest BCUT2D eigenvalue weighted by Gasteiger charge is 2.20. The van der Waals surface area contributed by atoms with Crippen LogP contribution < -0.4 is 4.57 Å². The predicted octanol–water partition coefficient (Wildman–Crippen LogP) is 5.47. The molecule has 2 aromatic heterocycles. The van der Waals surface area contributed by atoms with Crippen molar-refractivity contribution in [1.82, 2.24) is 0 Å². The molecule has 114 valence electrons. The van der Waals surface area contributed by atoms with Crippen molar-refractivity contribution >= 4 is 32.2 Å². The number of nitrogens with zero attached hydrogens (tertiary/aromatic N) is 1. The second-order valence-corrected chi connectivity index (χ2v) is 7.58. The Hall–Kier alpha value is -2.19. The summed E-state index contributed by atoms with van der Waals surface area (Å²) in [6, 6.07) is 15.6. The van der Waals surface area contributed by atoms with Gasteiger partial charge < -0.3 is 0 Å². The van der Waals surface area contributed by atoms with E-state index in [2.05, 4.69) is 81.0 Å². The highest BCUT2D eigenvalue weighted by molar-refractivity contribution is 7.19. The highest BCUT2D eigenvalue weighted by Crippen LogP contribution is 2.36. The molecule has 23 heavy (non-hydrogen) atoms. The third kappa shape index (κ3) is 2.17. The normalized spacial score (nSPS) is 11.5. The van der Waals surface area contributed by atoms with Crippen LogP contribution in [0, 0.1) is 20.8 Å². The van der Waals surface area contributed by atoms with Crippen molar-refractivity contribution in [1.29, 1.82) is 0 Å². The van der Waals surface area contributed by atoms with E-state index in [1.54, 1.807) is 0 Å². The van der Waals surface area contributed by atoms with E-state index in [0.29, 0.717) is 0 Å². The molecule has 0 spiro atoms. The van der Waals surface area contributed by atoms with E-state index in [-0.39, 0.29) is 0 Å². The number of aryl methyl sites for hydroxylation is 4. The van der Waals surface area contributed by atoms with E-state index in [4.69, 9.17) is 0 Å². The number of hydrogen-bond acceptors (Lipinski definition) is 1. The van der Waals surface area contributed by atoms with Crippen molar-refractivity contribution < 1.29 is 4.57 Å². The van der Waals surface area contributed by atoms with Crippen molar-refractivity contribution in [2.75, 3.05) is 0 Å². The summed E-state index contributed by atoms with van der Waals surface area (Å²) in [4.78, 5) is 1.36. The number of fused-ring (bicyclic) bond motifs is 2. The molecule has 0 bridgehead atoms. The van der Waals surface area contributed by atoms with Crippen LogP contribution in [-0.2, 0) is 7.05 Å². The fourth-order valence-electron chi connectivity index (χ4n) is 3.53. The summed E-state index contributed by atoms with van der Waals surface area (Å²) in [5.41, 5.74) is 5.37. The zero-order valence-corrected chi connectivity index (χ0v) is 14.8. The average Bonchev–Trinajstić information content (AvgIpc) is 2.92. The first-order valence-electron chi connectivity index (χ1n) is 7.94. The second kappa shape index (κ2) is 5.17. The number of pyridine rings is 1. The van der Waals surface area contributed by atoms with Crippen LogP contribution in [0.3, 0.4) is 0 Å². The minimum absolute atomic E-state index is 1.33. The van der Waals surface area contributed by atoms with Gasteiger partial charge in [-0.25, -0.2) is 0 Å². The van der Waals surface area contributed by atoms with Crippen molar-refractivity contribution in [3.8, 4) is 11.3 Å². The van der Waals surface area contributed by atoms with Crippen LogP contribution in [0.2, 0.25) is 0 Å². The Labute approximate surface area is 140 Å². The molecule has 0 fully saturated rings. The minimum atomic E-state index is 1.33. The van der Waals surface area contributed by atoms with Crippen LogP contribution >= 0.6 is 11.3 Å². The molecule has 4 aromatic rings. The molecule has 0 aliphatic carbocycles. The number of thiophene rings is 1. The maximum absolute atomic E-state index is 2.35. The van der Waals surface area contributed by atoms with Gasteiger partial charge in [0.25, 0.3) is 0 Å². The largest absolute Gasteiger partial charge is 0.230 e. The van der Waals surface area contributed by atoms with Gasteiger partial charge in [0, 0.05) is 16.3 Å². The summed E-state index contributed by atoms with van der Waals surface area (Å²) < 4.78 is 3.64. The first kappa shape index (κ1) is 14.4. The lowest BCUT2D eigenvalue weighted by atomic mass is 9.94. The third-order valence-electron chi connectivity index (χ3n) is 4.71. The van der Waals surface area contributed by atoms with Crippen molar-refractivity contribution in [3.63, 3.8) is 0 Å². The summed E-state index contributed by atoms with van der Waals surface area (Å²) in [6.45, 7) is 6.65. The van der Waals surface area contributed by atoms with Gasteiger partial charge in [-0.05, 0) is 54.8 Å². The Balaban J connectivity index is 2.15. The SMILES string of the molecule is Cc1cc2cc[n+](C)c(-c3cc(C)c4ccccc4c3C)c2s1. The van der Waals surface area contributed by atoms with E-state index < -0.39 is 0 Å². The molecule has 0 unspecified atom stereocenters. The van der Waals surface area contributed by atoms with E-state index in [1.807, 2.05) is 11.3 Å². The van der Waals surface area contributed by atoms with Crippen molar-refractivity contribution in [2.24, 2.45) is 7.05 Å². The van der Waals surface area contributed by atoms with E-state index in [1.165, 1.54) is 48.1 Å². The molecule has 2 heteroatoms. The monoisotopic (exact) mass is 318 g/mol. The predicted molar refractivity (Wildman–Crippen MR) is 100 cm³/mol. The van der Waals surface area contributed by atoms with Gasteiger partial charge in [-0.15, -0.1) is 11.3 Å². The van der Waals surface area contributed by atoms with Gasteiger partial charge in [-0.2, -0.15) is 4.57 Å². The topological polar surface area (TPSA) is 3.88 Å². The Morgan fingerprint density at radius 1 is 0.913 bits per heavy atom. The highest BCUT2D eigenvalue weighted by atomic mass is 32.1. The molecule has 2 aromatic carbocycles. The first-order chi connectivity index (χ1) is 11.1. The van der Waals surface area contributed by atoms with Gasteiger partial charge in [0.2, 0.25) is 5.69 Å². The van der Waals surface area contributed by atoms with Crippen LogP contribution in [0.15, 0.2) is 48.7 Å².